The quantitative estimate of drug-likeness (QED) is 0.786. The third-order valence-electron chi connectivity index (χ3n) is 3.88. The van der Waals surface area contributed by atoms with Crippen LogP contribution >= 0.6 is 0 Å². The SMILES string of the molecule is CCC1(C(=O)O)CCN(C(=O)N(C)CCS(C)(=O)=O)C1. The number of hydrogen-bond acceptors (Lipinski definition) is 4. The molecule has 20 heavy (non-hydrogen) atoms. The molecule has 1 rings (SSSR count). The van der Waals surface area contributed by atoms with Gasteiger partial charge in [-0.1, -0.05) is 6.92 Å². The molecule has 0 spiro atoms. The van der Waals surface area contributed by atoms with Crippen LogP contribution in [0.4, 0.5) is 4.79 Å². The van der Waals surface area contributed by atoms with E-state index in [0.717, 1.165) is 6.26 Å². The third-order valence-corrected chi connectivity index (χ3v) is 4.80. The van der Waals surface area contributed by atoms with Gasteiger partial charge in [0.25, 0.3) is 0 Å². The highest BCUT2D eigenvalue weighted by Crippen LogP contribution is 2.34. The van der Waals surface area contributed by atoms with Gasteiger partial charge in [0.05, 0.1) is 11.2 Å². The van der Waals surface area contributed by atoms with Gasteiger partial charge in [0.15, 0.2) is 0 Å². The van der Waals surface area contributed by atoms with Crippen molar-refractivity contribution in [1.82, 2.24) is 9.80 Å². The lowest BCUT2D eigenvalue weighted by Gasteiger charge is -2.26. The fraction of sp³-hybridized carbons (Fsp3) is 0.833. The van der Waals surface area contributed by atoms with Gasteiger partial charge in [0.1, 0.15) is 9.84 Å². The van der Waals surface area contributed by atoms with Crippen LogP contribution < -0.4 is 0 Å². The van der Waals surface area contributed by atoms with E-state index in [1.807, 2.05) is 0 Å². The van der Waals surface area contributed by atoms with Gasteiger partial charge in [-0.25, -0.2) is 13.2 Å². The van der Waals surface area contributed by atoms with Gasteiger partial charge >= 0.3 is 12.0 Å². The largest absolute Gasteiger partial charge is 0.481 e. The summed E-state index contributed by atoms with van der Waals surface area (Å²) in [6.07, 6.45) is 2.03. The molecular weight excluding hydrogens is 284 g/mol. The lowest BCUT2D eigenvalue weighted by molar-refractivity contribution is -0.148. The van der Waals surface area contributed by atoms with E-state index >= 15 is 0 Å². The van der Waals surface area contributed by atoms with Crippen LogP contribution in [-0.2, 0) is 14.6 Å². The molecule has 1 unspecified atom stereocenters. The van der Waals surface area contributed by atoms with Crippen molar-refractivity contribution < 1.29 is 23.1 Å². The maximum absolute atomic E-state index is 12.2. The maximum atomic E-state index is 12.2. The second-order valence-corrected chi connectivity index (χ2v) is 7.70. The summed E-state index contributed by atoms with van der Waals surface area (Å²) in [5.41, 5.74) is -0.868. The molecule has 2 amide bonds. The lowest BCUT2D eigenvalue weighted by atomic mass is 9.84. The van der Waals surface area contributed by atoms with Crippen LogP contribution in [-0.4, -0.2) is 74.0 Å². The Labute approximate surface area is 119 Å². The number of aliphatic carboxylic acids is 1. The Morgan fingerprint density at radius 1 is 1.40 bits per heavy atom. The zero-order chi connectivity index (χ0) is 15.6. The number of carboxylic acids is 1. The average molecular weight is 306 g/mol. The van der Waals surface area contributed by atoms with E-state index in [1.54, 1.807) is 6.92 Å². The van der Waals surface area contributed by atoms with Gasteiger partial charge in [-0.2, -0.15) is 0 Å². The molecule has 8 heteroatoms. The Morgan fingerprint density at radius 3 is 2.40 bits per heavy atom. The average Bonchev–Trinajstić information content (AvgIpc) is 2.79. The number of hydrogen-bond donors (Lipinski definition) is 1. The van der Waals surface area contributed by atoms with Crippen molar-refractivity contribution in [3.63, 3.8) is 0 Å². The number of amides is 2. The van der Waals surface area contributed by atoms with Crippen LogP contribution in [0.3, 0.4) is 0 Å². The molecule has 0 bridgehead atoms. The van der Waals surface area contributed by atoms with E-state index < -0.39 is 21.2 Å². The smallest absolute Gasteiger partial charge is 0.319 e. The van der Waals surface area contributed by atoms with Crippen molar-refractivity contribution in [3.8, 4) is 0 Å². The van der Waals surface area contributed by atoms with Crippen LogP contribution in [0.5, 0.6) is 0 Å². The monoisotopic (exact) mass is 306 g/mol. The number of sulfone groups is 1. The molecule has 7 nitrogen and oxygen atoms in total. The van der Waals surface area contributed by atoms with Crippen LogP contribution in [0.1, 0.15) is 19.8 Å². The van der Waals surface area contributed by atoms with Gasteiger partial charge in [-0.15, -0.1) is 0 Å². The molecule has 1 saturated heterocycles. The number of rotatable bonds is 5. The van der Waals surface area contributed by atoms with Crippen molar-refractivity contribution in [1.29, 1.82) is 0 Å². The van der Waals surface area contributed by atoms with Crippen LogP contribution in [0, 0.1) is 5.41 Å². The molecule has 0 aromatic heterocycles. The molecule has 1 N–H and O–H groups in total. The van der Waals surface area contributed by atoms with Gasteiger partial charge in [-0.05, 0) is 12.8 Å². The first kappa shape index (κ1) is 16.7. The van der Waals surface area contributed by atoms with Crippen molar-refractivity contribution in [2.24, 2.45) is 5.41 Å². The maximum Gasteiger partial charge on any atom is 0.319 e. The molecule has 1 heterocycles. The van der Waals surface area contributed by atoms with Gasteiger partial charge < -0.3 is 14.9 Å². The molecule has 1 aliphatic heterocycles. The Morgan fingerprint density at radius 2 is 2.00 bits per heavy atom. The fourth-order valence-corrected chi connectivity index (χ4v) is 2.90. The molecule has 1 atom stereocenters. The summed E-state index contributed by atoms with van der Waals surface area (Å²) >= 11 is 0. The number of likely N-dealkylation sites (tertiary alicyclic amines) is 1. The summed E-state index contributed by atoms with van der Waals surface area (Å²) < 4.78 is 22.2. The zero-order valence-electron chi connectivity index (χ0n) is 12.1. The first-order chi connectivity index (χ1) is 9.11. The van der Waals surface area contributed by atoms with E-state index in [0.29, 0.717) is 19.4 Å². The molecule has 116 valence electrons. The Bertz CT molecular complexity index is 490. The van der Waals surface area contributed by atoms with Crippen LogP contribution in [0.2, 0.25) is 0 Å². The lowest BCUT2D eigenvalue weighted by Crippen LogP contribution is -2.43. The van der Waals surface area contributed by atoms with Gasteiger partial charge in [0, 0.05) is 32.9 Å². The molecule has 0 aromatic carbocycles. The van der Waals surface area contributed by atoms with Gasteiger partial charge in [0.2, 0.25) is 0 Å². The number of carbonyl (C=O) groups excluding carboxylic acids is 1. The first-order valence-electron chi connectivity index (χ1n) is 6.52. The predicted molar refractivity (Wildman–Crippen MR) is 74.3 cm³/mol. The minimum absolute atomic E-state index is 0.0963. The summed E-state index contributed by atoms with van der Waals surface area (Å²) in [4.78, 5) is 26.3. The van der Waals surface area contributed by atoms with Crippen LogP contribution in [0.15, 0.2) is 0 Å². The van der Waals surface area contributed by atoms with Crippen molar-refractivity contribution in [2.45, 2.75) is 19.8 Å². The standard InChI is InChI=1S/C12H22N2O5S/c1-4-12(10(15)16)5-6-14(9-12)11(17)13(2)7-8-20(3,18)19/h4-9H2,1-3H3,(H,15,16). The summed E-state index contributed by atoms with van der Waals surface area (Å²) in [6.45, 7) is 2.49. The van der Waals surface area contributed by atoms with E-state index in [2.05, 4.69) is 0 Å². The molecule has 0 saturated carbocycles. The number of nitrogens with zero attached hydrogens (tertiary/aromatic N) is 2. The number of carboxylic acid groups (broad SMARTS) is 1. The van der Waals surface area contributed by atoms with Crippen molar-refractivity contribution >= 4 is 21.8 Å². The molecular formula is C12H22N2O5S. The van der Waals surface area contributed by atoms with Gasteiger partial charge in [-0.3, -0.25) is 4.79 Å². The highest BCUT2D eigenvalue weighted by molar-refractivity contribution is 7.90. The minimum Gasteiger partial charge on any atom is -0.481 e. The molecule has 0 radical (unpaired) electrons. The Balaban J connectivity index is 2.64. The highest BCUT2D eigenvalue weighted by atomic mass is 32.2. The fourth-order valence-electron chi connectivity index (χ4n) is 2.29. The second kappa shape index (κ2) is 5.99. The van der Waals surface area contributed by atoms with E-state index in [-0.39, 0.29) is 24.9 Å². The van der Waals surface area contributed by atoms with E-state index in [4.69, 9.17) is 0 Å². The van der Waals surface area contributed by atoms with E-state index in [9.17, 15) is 23.1 Å². The third kappa shape index (κ3) is 3.84. The summed E-state index contributed by atoms with van der Waals surface area (Å²) in [7, 11) is -1.60. The summed E-state index contributed by atoms with van der Waals surface area (Å²) in [5, 5.41) is 9.28. The Hall–Kier alpha value is -1.31. The van der Waals surface area contributed by atoms with Crippen molar-refractivity contribution in [3.05, 3.63) is 0 Å². The number of urea groups is 1. The Kier molecular flexibility index (Phi) is 5.01. The first-order valence-corrected chi connectivity index (χ1v) is 8.58. The topological polar surface area (TPSA) is 95.0 Å². The van der Waals surface area contributed by atoms with Crippen LogP contribution in [0.25, 0.3) is 0 Å². The summed E-state index contributed by atoms with van der Waals surface area (Å²) in [5.74, 6) is -0.977. The summed E-state index contributed by atoms with van der Waals surface area (Å²) in [6, 6.07) is -0.315. The molecule has 0 aliphatic carbocycles. The zero-order valence-corrected chi connectivity index (χ0v) is 12.9. The minimum atomic E-state index is -3.12. The molecule has 1 fully saturated rings. The predicted octanol–water partition coefficient (Wildman–Crippen LogP) is 0.270. The molecule has 0 aromatic rings. The molecule has 1 aliphatic rings. The number of carbonyl (C=O) groups is 2. The second-order valence-electron chi connectivity index (χ2n) is 5.44. The highest BCUT2D eigenvalue weighted by Gasteiger charge is 2.45. The van der Waals surface area contributed by atoms with Crippen molar-refractivity contribution in [2.75, 3.05) is 38.7 Å². The van der Waals surface area contributed by atoms with E-state index in [1.165, 1.54) is 16.8 Å². The normalized spacial score (nSPS) is 22.9.